The summed E-state index contributed by atoms with van der Waals surface area (Å²) in [6.45, 7) is 9.20. The Hall–Kier alpha value is -3.15. The molecule has 178 valence electrons. The summed E-state index contributed by atoms with van der Waals surface area (Å²) >= 11 is 0. The van der Waals surface area contributed by atoms with E-state index in [4.69, 9.17) is 0 Å². The molecule has 1 aliphatic heterocycles. The zero-order valence-electron chi connectivity index (χ0n) is 20.5. The van der Waals surface area contributed by atoms with Gasteiger partial charge in [-0.3, -0.25) is 9.59 Å². The molecule has 0 bridgehead atoms. The number of aromatic nitrogens is 2. The third-order valence-electron chi connectivity index (χ3n) is 8.25. The van der Waals surface area contributed by atoms with Gasteiger partial charge in [0.1, 0.15) is 5.54 Å². The maximum atomic E-state index is 14.0. The smallest absolute Gasteiger partial charge is 0.291 e. The van der Waals surface area contributed by atoms with E-state index in [1.807, 2.05) is 66.9 Å². The van der Waals surface area contributed by atoms with Crippen LogP contribution in [0.2, 0.25) is 0 Å². The molecular weight excluding hydrogens is 424 g/mol. The van der Waals surface area contributed by atoms with Gasteiger partial charge in [-0.2, -0.15) is 0 Å². The van der Waals surface area contributed by atoms with Gasteiger partial charge in [0.05, 0.1) is 17.6 Å². The van der Waals surface area contributed by atoms with Gasteiger partial charge >= 0.3 is 0 Å². The Balaban J connectivity index is 1.55. The van der Waals surface area contributed by atoms with Crippen molar-refractivity contribution in [3.63, 3.8) is 0 Å². The van der Waals surface area contributed by atoms with E-state index in [1.165, 1.54) is 6.42 Å². The van der Waals surface area contributed by atoms with Crippen LogP contribution in [0.3, 0.4) is 0 Å². The second kappa shape index (κ2) is 8.57. The average Bonchev–Trinajstić information content (AvgIpc) is 3.19. The van der Waals surface area contributed by atoms with Crippen LogP contribution < -0.4 is 5.32 Å². The van der Waals surface area contributed by atoms with Crippen LogP contribution in [0, 0.1) is 18.8 Å². The number of aryl methyl sites for hydroxylation is 1. The number of imidazole rings is 1. The lowest BCUT2D eigenvalue weighted by Gasteiger charge is -2.45. The summed E-state index contributed by atoms with van der Waals surface area (Å²) in [4.78, 5) is 34.3. The van der Waals surface area contributed by atoms with Crippen molar-refractivity contribution in [2.75, 3.05) is 0 Å². The number of hydrogen-bond acceptors (Lipinski definition) is 3. The lowest BCUT2D eigenvalue weighted by Crippen LogP contribution is -2.65. The fourth-order valence-corrected chi connectivity index (χ4v) is 5.64. The van der Waals surface area contributed by atoms with Gasteiger partial charge in [-0.15, -0.1) is 0 Å². The second-order valence-corrected chi connectivity index (χ2v) is 10.4. The Morgan fingerprint density at radius 1 is 1.12 bits per heavy atom. The highest BCUT2D eigenvalue weighted by atomic mass is 16.2. The summed E-state index contributed by atoms with van der Waals surface area (Å²) in [5.74, 6) is 1.11. The van der Waals surface area contributed by atoms with Crippen LogP contribution in [0.4, 0.5) is 0 Å². The van der Waals surface area contributed by atoms with Crippen molar-refractivity contribution in [3.05, 3.63) is 65.5 Å². The molecule has 2 aromatic carbocycles. The minimum absolute atomic E-state index is 0.0798. The lowest BCUT2D eigenvalue weighted by molar-refractivity contribution is -0.134. The predicted octanol–water partition coefficient (Wildman–Crippen LogP) is 4.70. The van der Waals surface area contributed by atoms with E-state index in [0.29, 0.717) is 30.7 Å². The fraction of sp³-hybridized carbons (Fsp3) is 0.464. The molecule has 1 fully saturated rings. The third-order valence-corrected chi connectivity index (χ3v) is 8.25. The van der Waals surface area contributed by atoms with Crippen molar-refractivity contribution in [2.45, 2.75) is 71.6 Å². The maximum Gasteiger partial charge on any atom is 0.291 e. The molecule has 0 spiro atoms. The summed E-state index contributed by atoms with van der Waals surface area (Å²) in [5.41, 5.74) is 2.78. The average molecular weight is 459 g/mol. The molecule has 2 amide bonds. The summed E-state index contributed by atoms with van der Waals surface area (Å²) < 4.78 is 1.93. The molecule has 0 radical (unpaired) electrons. The minimum Gasteiger partial charge on any atom is -0.351 e. The van der Waals surface area contributed by atoms with Crippen molar-refractivity contribution in [1.82, 2.24) is 19.8 Å². The van der Waals surface area contributed by atoms with Crippen molar-refractivity contribution < 1.29 is 9.59 Å². The quantitative estimate of drug-likeness (QED) is 0.616. The monoisotopic (exact) mass is 458 g/mol. The first kappa shape index (κ1) is 22.6. The van der Waals surface area contributed by atoms with Gasteiger partial charge in [-0.1, -0.05) is 63.1 Å². The maximum absolute atomic E-state index is 14.0. The SMILES string of the molecule is Cc1ccccc1CN1C(=O)c2nc3ccccc3n2C[C@]1(C)C(=O)N[C@@H]1CCC[C@H](C)[C@@H]1C. The van der Waals surface area contributed by atoms with Gasteiger partial charge < -0.3 is 14.8 Å². The lowest BCUT2D eigenvalue weighted by atomic mass is 9.77. The molecule has 1 N–H and O–H groups in total. The number of carbonyl (C=O) groups is 2. The molecule has 5 rings (SSSR count). The molecule has 0 saturated heterocycles. The van der Waals surface area contributed by atoms with Crippen molar-refractivity contribution in [3.8, 4) is 0 Å². The van der Waals surface area contributed by atoms with Crippen LogP contribution in [0.1, 0.15) is 61.8 Å². The van der Waals surface area contributed by atoms with Gasteiger partial charge in [-0.25, -0.2) is 4.98 Å². The van der Waals surface area contributed by atoms with E-state index < -0.39 is 5.54 Å². The van der Waals surface area contributed by atoms with Gasteiger partial charge in [0.2, 0.25) is 5.91 Å². The number of nitrogens with zero attached hydrogens (tertiary/aromatic N) is 3. The van der Waals surface area contributed by atoms with Crippen LogP contribution in [0.15, 0.2) is 48.5 Å². The van der Waals surface area contributed by atoms with Crippen LogP contribution in [0.5, 0.6) is 0 Å². The summed E-state index contributed by atoms with van der Waals surface area (Å²) in [6.07, 6.45) is 3.31. The number of fused-ring (bicyclic) bond motifs is 3. The Kier molecular flexibility index (Phi) is 5.70. The molecular formula is C28H34N4O2. The number of carbonyl (C=O) groups excluding carboxylic acids is 2. The van der Waals surface area contributed by atoms with E-state index >= 15 is 0 Å². The Morgan fingerprint density at radius 2 is 1.85 bits per heavy atom. The van der Waals surface area contributed by atoms with Crippen LogP contribution >= 0.6 is 0 Å². The molecule has 0 unspecified atom stereocenters. The van der Waals surface area contributed by atoms with Gasteiger partial charge in [0.15, 0.2) is 5.82 Å². The molecule has 6 heteroatoms. The van der Waals surface area contributed by atoms with Gasteiger partial charge in [0.25, 0.3) is 5.91 Å². The first-order valence-electron chi connectivity index (χ1n) is 12.4. The van der Waals surface area contributed by atoms with E-state index in [9.17, 15) is 9.59 Å². The number of benzene rings is 2. The number of rotatable bonds is 4. The fourth-order valence-electron chi connectivity index (χ4n) is 5.64. The van der Waals surface area contributed by atoms with E-state index in [2.05, 4.69) is 24.1 Å². The zero-order valence-corrected chi connectivity index (χ0v) is 20.5. The molecule has 34 heavy (non-hydrogen) atoms. The summed E-state index contributed by atoms with van der Waals surface area (Å²) in [7, 11) is 0. The van der Waals surface area contributed by atoms with Crippen molar-refractivity contribution in [1.29, 1.82) is 0 Å². The summed E-state index contributed by atoms with van der Waals surface area (Å²) in [6, 6.07) is 15.9. The van der Waals surface area contributed by atoms with E-state index in [-0.39, 0.29) is 17.9 Å². The standard InChI is InChI=1S/C28H34N4O2/c1-18-11-9-14-22(20(18)3)30-27(34)28(4)17-31-24-15-8-7-13-23(24)29-25(31)26(33)32(28)16-21-12-6-5-10-19(21)2/h5-8,10,12-13,15,18,20,22H,9,11,14,16-17H2,1-4H3,(H,30,34)/t18-,20-,22+,28+/m0/s1. The molecule has 4 atom stereocenters. The minimum atomic E-state index is -1.03. The Bertz CT molecular complexity index is 1250. The number of nitrogens with one attached hydrogen (secondary N) is 1. The van der Waals surface area contributed by atoms with Gasteiger partial charge in [0, 0.05) is 12.6 Å². The number of hydrogen-bond donors (Lipinski definition) is 1. The molecule has 6 nitrogen and oxygen atoms in total. The molecule has 1 aromatic heterocycles. The number of para-hydroxylation sites is 2. The molecule has 1 saturated carbocycles. The molecule has 3 aromatic rings. The number of amides is 2. The molecule has 2 heterocycles. The molecule has 2 aliphatic rings. The van der Waals surface area contributed by atoms with E-state index in [1.54, 1.807) is 4.90 Å². The highest BCUT2D eigenvalue weighted by Crippen LogP contribution is 2.34. The molecule has 1 aliphatic carbocycles. The Labute approximate surface area is 201 Å². The largest absolute Gasteiger partial charge is 0.351 e. The highest BCUT2D eigenvalue weighted by molar-refractivity contribution is 6.01. The second-order valence-electron chi connectivity index (χ2n) is 10.4. The van der Waals surface area contributed by atoms with Crippen LogP contribution in [-0.2, 0) is 17.9 Å². The van der Waals surface area contributed by atoms with Crippen LogP contribution in [0.25, 0.3) is 11.0 Å². The first-order chi connectivity index (χ1) is 16.3. The predicted molar refractivity (Wildman–Crippen MR) is 133 cm³/mol. The highest BCUT2D eigenvalue weighted by Gasteiger charge is 2.49. The van der Waals surface area contributed by atoms with E-state index in [0.717, 1.165) is 35.0 Å². The van der Waals surface area contributed by atoms with Crippen molar-refractivity contribution >= 4 is 22.8 Å². The zero-order chi connectivity index (χ0) is 24.0. The Morgan fingerprint density at radius 3 is 2.65 bits per heavy atom. The van der Waals surface area contributed by atoms with Crippen LogP contribution in [-0.4, -0.2) is 37.8 Å². The van der Waals surface area contributed by atoms with Crippen molar-refractivity contribution in [2.24, 2.45) is 11.8 Å². The summed E-state index contributed by atoms with van der Waals surface area (Å²) in [5, 5.41) is 3.36. The third kappa shape index (κ3) is 3.69. The normalized spacial score (nSPS) is 27.0. The van der Waals surface area contributed by atoms with Gasteiger partial charge in [-0.05, 0) is 55.4 Å². The first-order valence-corrected chi connectivity index (χ1v) is 12.4. The topological polar surface area (TPSA) is 67.2 Å².